The van der Waals surface area contributed by atoms with Gasteiger partial charge in [-0.1, -0.05) is 32.1 Å². The first-order valence-corrected chi connectivity index (χ1v) is 9.56. The Morgan fingerprint density at radius 1 is 1.41 bits per heavy atom. The quantitative estimate of drug-likeness (QED) is 0.749. The predicted molar refractivity (Wildman–Crippen MR) is 101 cm³/mol. The van der Waals surface area contributed by atoms with E-state index in [4.69, 9.17) is 9.15 Å². The van der Waals surface area contributed by atoms with E-state index in [1.807, 2.05) is 12.1 Å². The van der Waals surface area contributed by atoms with Gasteiger partial charge in [0, 0.05) is 17.9 Å². The highest BCUT2D eigenvalue weighted by Crippen LogP contribution is 2.60. The number of rotatable bonds is 6. The van der Waals surface area contributed by atoms with E-state index in [1.54, 1.807) is 18.6 Å². The first kappa shape index (κ1) is 19.5. The summed E-state index contributed by atoms with van der Waals surface area (Å²) >= 11 is 0. The number of ether oxygens (including phenoxy) is 1. The maximum absolute atomic E-state index is 12.0. The van der Waals surface area contributed by atoms with Crippen LogP contribution in [0.2, 0.25) is 0 Å². The molecule has 0 radical (unpaired) electrons. The fourth-order valence-electron chi connectivity index (χ4n) is 5.04. The van der Waals surface area contributed by atoms with Crippen molar-refractivity contribution in [2.75, 3.05) is 6.61 Å². The number of furan rings is 1. The number of hydrogen-bond donors (Lipinski definition) is 1. The molecule has 2 aliphatic rings. The van der Waals surface area contributed by atoms with E-state index in [0.717, 1.165) is 24.8 Å². The summed E-state index contributed by atoms with van der Waals surface area (Å²) < 4.78 is 10.6. The van der Waals surface area contributed by atoms with Crippen molar-refractivity contribution in [3.8, 4) is 0 Å². The Bertz CT molecular complexity index is 760. The van der Waals surface area contributed by atoms with Crippen LogP contribution in [0.3, 0.4) is 0 Å². The summed E-state index contributed by atoms with van der Waals surface area (Å²) in [6.07, 6.45) is 12.5. The lowest BCUT2D eigenvalue weighted by Crippen LogP contribution is -2.53. The molecule has 4 atom stereocenters. The highest BCUT2D eigenvalue weighted by molar-refractivity contribution is 5.89. The maximum Gasteiger partial charge on any atom is 0.332 e. The fourth-order valence-corrected chi connectivity index (χ4v) is 5.04. The third-order valence-electron chi connectivity index (χ3n) is 6.85. The van der Waals surface area contributed by atoms with Crippen molar-refractivity contribution in [3.05, 3.63) is 48.0 Å². The van der Waals surface area contributed by atoms with Crippen LogP contribution < -0.4 is 0 Å². The van der Waals surface area contributed by atoms with Crippen LogP contribution in [-0.2, 0) is 20.7 Å². The molecule has 5 heteroatoms. The van der Waals surface area contributed by atoms with E-state index in [9.17, 15) is 14.7 Å². The van der Waals surface area contributed by atoms with Crippen molar-refractivity contribution in [2.24, 2.45) is 22.7 Å². The lowest BCUT2D eigenvalue weighted by Gasteiger charge is -2.56. The van der Waals surface area contributed by atoms with Gasteiger partial charge in [-0.3, -0.25) is 4.79 Å². The van der Waals surface area contributed by atoms with Gasteiger partial charge < -0.3 is 14.3 Å². The van der Waals surface area contributed by atoms with E-state index in [-0.39, 0.29) is 23.9 Å². The highest BCUT2D eigenvalue weighted by atomic mass is 16.5. The first-order valence-electron chi connectivity index (χ1n) is 9.56. The third kappa shape index (κ3) is 3.47. The molecule has 1 aromatic heterocycles. The van der Waals surface area contributed by atoms with E-state index >= 15 is 0 Å². The molecule has 0 aliphatic heterocycles. The average molecular weight is 372 g/mol. The number of esters is 1. The number of fused-ring (bicyclic) bond motifs is 1. The number of carboxylic acids is 1. The van der Waals surface area contributed by atoms with Gasteiger partial charge in [0.05, 0.1) is 12.5 Å². The molecule has 5 nitrogen and oxygen atoms in total. The molecular weight excluding hydrogens is 344 g/mol. The van der Waals surface area contributed by atoms with E-state index in [2.05, 4.69) is 19.9 Å². The Morgan fingerprint density at radius 2 is 2.19 bits per heavy atom. The molecule has 0 saturated heterocycles. The number of carbonyl (C=O) groups excluding carboxylic acids is 1. The second-order valence-corrected chi connectivity index (χ2v) is 8.26. The maximum atomic E-state index is 12.0. The summed E-state index contributed by atoms with van der Waals surface area (Å²) in [4.78, 5) is 23.6. The van der Waals surface area contributed by atoms with Gasteiger partial charge in [-0.15, -0.1) is 0 Å². The van der Waals surface area contributed by atoms with Gasteiger partial charge in [-0.25, -0.2) is 4.79 Å². The Morgan fingerprint density at radius 3 is 2.81 bits per heavy atom. The third-order valence-corrected chi connectivity index (χ3v) is 6.85. The molecule has 1 heterocycles. The summed E-state index contributed by atoms with van der Waals surface area (Å²) in [5.74, 6) is -0.877. The Labute approximate surface area is 160 Å². The number of carboxylic acid groups (broad SMARTS) is 1. The topological polar surface area (TPSA) is 76.7 Å². The van der Waals surface area contributed by atoms with Gasteiger partial charge in [0.25, 0.3) is 0 Å². The van der Waals surface area contributed by atoms with E-state index in [1.165, 1.54) is 6.92 Å². The van der Waals surface area contributed by atoms with Crippen LogP contribution in [0.4, 0.5) is 0 Å². The minimum absolute atomic E-state index is 0.00361. The predicted octanol–water partition coefficient (Wildman–Crippen LogP) is 4.39. The van der Waals surface area contributed by atoms with Crippen molar-refractivity contribution in [2.45, 2.75) is 46.5 Å². The minimum Gasteiger partial charge on any atom is -0.478 e. The van der Waals surface area contributed by atoms with Gasteiger partial charge in [-0.2, -0.15) is 0 Å². The monoisotopic (exact) mass is 372 g/mol. The molecular formula is C22H28O5. The van der Waals surface area contributed by atoms with Crippen molar-refractivity contribution in [1.29, 1.82) is 0 Å². The molecule has 0 bridgehead atoms. The zero-order valence-electron chi connectivity index (χ0n) is 16.2. The number of aliphatic carboxylic acids is 1. The van der Waals surface area contributed by atoms with Crippen molar-refractivity contribution in [3.63, 3.8) is 0 Å². The smallest absolute Gasteiger partial charge is 0.332 e. The fraction of sp³-hybridized carbons (Fsp3) is 0.545. The number of hydrogen-bond acceptors (Lipinski definition) is 4. The molecule has 0 unspecified atom stereocenters. The second kappa shape index (κ2) is 7.37. The van der Waals surface area contributed by atoms with Crippen LogP contribution in [0, 0.1) is 22.7 Å². The highest BCUT2D eigenvalue weighted by Gasteiger charge is 2.57. The molecule has 1 N–H and O–H groups in total. The lowest BCUT2D eigenvalue weighted by molar-refractivity contribution is -0.152. The average Bonchev–Trinajstić information content (AvgIpc) is 3.15. The van der Waals surface area contributed by atoms with Crippen LogP contribution in [0.5, 0.6) is 0 Å². The van der Waals surface area contributed by atoms with Crippen LogP contribution in [0.1, 0.15) is 45.6 Å². The van der Waals surface area contributed by atoms with Crippen molar-refractivity contribution >= 4 is 11.9 Å². The molecule has 146 valence electrons. The summed E-state index contributed by atoms with van der Waals surface area (Å²) in [6, 6.07) is 1.97. The minimum atomic E-state index is -0.928. The van der Waals surface area contributed by atoms with Gasteiger partial charge in [0.15, 0.2) is 0 Å². The number of aryl methyl sites for hydroxylation is 1. The molecule has 0 spiro atoms. The summed E-state index contributed by atoms with van der Waals surface area (Å²) in [5.41, 5.74) is 0.719. The van der Waals surface area contributed by atoms with Gasteiger partial charge in [0.1, 0.15) is 6.61 Å². The molecule has 1 saturated carbocycles. The second-order valence-electron chi connectivity index (χ2n) is 8.26. The first-order chi connectivity index (χ1) is 12.8. The lowest BCUT2D eigenvalue weighted by atomic mass is 9.47. The van der Waals surface area contributed by atoms with E-state index in [0.29, 0.717) is 17.9 Å². The molecule has 27 heavy (non-hydrogen) atoms. The Kier molecular flexibility index (Phi) is 5.31. The van der Waals surface area contributed by atoms with Gasteiger partial charge in [0.2, 0.25) is 0 Å². The summed E-state index contributed by atoms with van der Waals surface area (Å²) in [5, 5.41) is 9.87. The van der Waals surface area contributed by atoms with Crippen LogP contribution in [0.25, 0.3) is 0 Å². The zero-order chi connectivity index (χ0) is 19.7. The largest absolute Gasteiger partial charge is 0.478 e. The van der Waals surface area contributed by atoms with Crippen LogP contribution in [-0.4, -0.2) is 23.7 Å². The van der Waals surface area contributed by atoms with Gasteiger partial charge >= 0.3 is 11.9 Å². The number of allylic oxidation sites excluding steroid dienone is 3. The summed E-state index contributed by atoms with van der Waals surface area (Å²) in [7, 11) is 0. The summed E-state index contributed by atoms with van der Waals surface area (Å²) in [6.45, 7) is 5.98. The Balaban J connectivity index is 1.97. The van der Waals surface area contributed by atoms with Crippen molar-refractivity contribution in [1.82, 2.24) is 0 Å². The standard InChI is InChI=1S/C22H28O5/c1-15-7-11-22(14-27-16(2)23)18(20(24)25)5-4-6-19(22)21(15,3)10-8-17-9-12-26-13-17/h4-6,9,12-13,15,19H,7-8,10-11,14H2,1-3H3,(H,24,25)/t15-,19-,21+,22-/m1/s1. The molecule has 1 fully saturated rings. The van der Waals surface area contributed by atoms with Crippen LogP contribution in [0.15, 0.2) is 46.8 Å². The molecule has 3 rings (SSSR count). The Hall–Kier alpha value is -2.30. The molecule has 2 aliphatic carbocycles. The van der Waals surface area contributed by atoms with Crippen molar-refractivity contribution < 1.29 is 23.8 Å². The molecule has 1 aromatic rings. The van der Waals surface area contributed by atoms with Crippen LogP contribution >= 0.6 is 0 Å². The molecule has 0 aromatic carbocycles. The van der Waals surface area contributed by atoms with Gasteiger partial charge in [-0.05, 0) is 54.6 Å². The van der Waals surface area contributed by atoms with E-state index < -0.39 is 11.4 Å². The zero-order valence-corrected chi connectivity index (χ0v) is 16.2. The SMILES string of the molecule is CC(=O)OC[C@@]12CC[C@@H](C)[C@](C)(CCc3ccoc3)[C@H]1C=CC=C2C(=O)O. The normalized spacial score (nSPS) is 32.5. The molecule has 0 amide bonds. The number of carbonyl (C=O) groups is 2.